The van der Waals surface area contributed by atoms with Crippen molar-refractivity contribution in [1.29, 1.82) is 0 Å². The van der Waals surface area contributed by atoms with Gasteiger partial charge in [0.1, 0.15) is 12.0 Å². The molecule has 0 saturated heterocycles. The fourth-order valence-corrected chi connectivity index (χ4v) is 5.45. The van der Waals surface area contributed by atoms with E-state index in [9.17, 15) is 9.90 Å². The molecule has 1 unspecified atom stereocenters. The summed E-state index contributed by atoms with van der Waals surface area (Å²) in [5.41, 5.74) is 6.66. The molecule has 0 bridgehead atoms. The van der Waals surface area contributed by atoms with Crippen LogP contribution in [0.5, 0.6) is 5.75 Å². The SMILES string of the molecule is COc1cccc(-c2ccc(CNC(O)[C@H]3C[C@@H]3c3cccnc3)c3c2CCN(C(=O)NC(C)(C)C)C3)c1. The number of carbonyl (C=O) groups is 1. The molecular formula is C31H38N4O3. The van der Waals surface area contributed by atoms with E-state index in [-0.39, 0.29) is 17.5 Å². The van der Waals surface area contributed by atoms with E-state index >= 15 is 0 Å². The van der Waals surface area contributed by atoms with Crippen molar-refractivity contribution in [1.82, 2.24) is 20.5 Å². The van der Waals surface area contributed by atoms with E-state index in [0.29, 0.717) is 25.6 Å². The number of amides is 2. The lowest BCUT2D eigenvalue weighted by Crippen LogP contribution is -2.50. The zero-order valence-corrected chi connectivity index (χ0v) is 22.7. The predicted octanol–water partition coefficient (Wildman–Crippen LogP) is 4.84. The van der Waals surface area contributed by atoms with Crippen LogP contribution >= 0.6 is 0 Å². The molecule has 7 heteroatoms. The van der Waals surface area contributed by atoms with E-state index in [1.165, 1.54) is 11.1 Å². The predicted molar refractivity (Wildman–Crippen MR) is 149 cm³/mol. The van der Waals surface area contributed by atoms with Crippen molar-refractivity contribution in [3.8, 4) is 16.9 Å². The van der Waals surface area contributed by atoms with Gasteiger partial charge in [-0.3, -0.25) is 10.3 Å². The molecule has 5 rings (SSSR count). The van der Waals surface area contributed by atoms with Crippen LogP contribution < -0.4 is 15.4 Å². The monoisotopic (exact) mass is 514 g/mol. The molecule has 0 radical (unpaired) electrons. The van der Waals surface area contributed by atoms with Crippen LogP contribution in [0.4, 0.5) is 4.79 Å². The number of benzene rings is 2. The Bertz CT molecular complexity index is 1290. The zero-order chi connectivity index (χ0) is 26.9. The first-order valence-corrected chi connectivity index (χ1v) is 13.4. The lowest BCUT2D eigenvalue weighted by molar-refractivity contribution is 0.110. The molecule has 2 aromatic carbocycles. The molecule has 3 N–H and O–H groups in total. The second-order valence-electron chi connectivity index (χ2n) is 11.4. The fraction of sp³-hybridized carbons (Fsp3) is 0.419. The minimum Gasteiger partial charge on any atom is -0.497 e. The van der Waals surface area contributed by atoms with Crippen molar-refractivity contribution in [2.75, 3.05) is 13.7 Å². The van der Waals surface area contributed by atoms with Crippen LogP contribution in [-0.4, -0.2) is 46.4 Å². The number of aliphatic hydroxyl groups excluding tert-OH is 1. The van der Waals surface area contributed by atoms with Gasteiger partial charge in [0, 0.05) is 43.5 Å². The average molecular weight is 515 g/mol. The van der Waals surface area contributed by atoms with E-state index in [0.717, 1.165) is 40.8 Å². The van der Waals surface area contributed by atoms with E-state index in [1.54, 1.807) is 13.3 Å². The summed E-state index contributed by atoms with van der Waals surface area (Å²) in [6, 6.07) is 16.4. The number of methoxy groups -OCH3 is 1. The number of aromatic nitrogens is 1. The first kappa shape index (κ1) is 26.2. The molecule has 2 aliphatic rings. The van der Waals surface area contributed by atoms with Crippen LogP contribution in [-0.2, 0) is 19.5 Å². The lowest BCUT2D eigenvalue weighted by atomic mass is 9.87. The number of nitrogens with one attached hydrogen (secondary N) is 2. The Morgan fingerprint density at radius 3 is 2.76 bits per heavy atom. The molecule has 2 heterocycles. The molecule has 1 aliphatic carbocycles. The first-order valence-electron chi connectivity index (χ1n) is 13.4. The summed E-state index contributed by atoms with van der Waals surface area (Å²) in [4.78, 5) is 19.2. The van der Waals surface area contributed by atoms with Gasteiger partial charge in [0.25, 0.3) is 0 Å². The molecule has 1 aromatic heterocycles. The highest BCUT2D eigenvalue weighted by atomic mass is 16.5. The van der Waals surface area contributed by atoms with Gasteiger partial charge in [-0.15, -0.1) is 0 Å². The topological polar surface area (TPSA) is 86.7 Å². The quantitative estimate of drug-likeness (QED) is 0.393. The number of rotatable bonds is 7. The van der Waals surface area contributed by atoms with Crippen LogP contribution in [0.25, 0.3) is 11.1 Å². The van der Waals surface area contributed by atoms with Crippen LogP contribution in [0.1, 0.15) is 55.4 Å². The number of hydrogen-bond donors (Lipinski definition) is 3. The second-order valence-corrected chi connectivity index (χ2v) is 11.4. The minimum atomic E-state index is -0.599. The van der Waals surface area contributed by atoms with Gasteiger partial charge >= 0.3 is 6.03 Å². The molecule has 7 nitrogen and oxygen atoms in total. The number of aliphatic hydroxyl groups is 1. The van der Waals surface area contributed by atoms with E-state index in [2.05, 4.69) is 45.9 Å². The molecular weight excluding hydrogens is 476 g/mol. The van der Waals surface area contributed by atoms with Crippen molar-refractivity contribution >= 4 is 6.03 Å². The molecule has 1 saturated carbocycles. The minimum absolute atomic E-state index is 0.0498. The Kier molecular flexibility index (Phi) is 7.41. The van der Waals surface area contributed by atoms with Crippen molar-refractivity contribution in [3.63, 3.8) is 0 Å². The van der Waals surface area contributed by atoms with Crippen LogP contribution in [0.3, 0.4) is 0 Å². The normalized spacial score (nSPS) is 19.4. The van der Waals surface area contributed by atoms with Gasteiger partial charge in [0.15, 0.2) is 0 Å². The summed E-state index contributed by atoms with van der Waals surface area (Å²) in [6.45, 7) is 7.71. The molecule has 200 valence electrons. The van der Waals surface area contributed by atoms with Crippen LogP contribution in [0.2, 0.25) is 0 Å². The molecule has 0 spiro atoms. The maximum atomic E-state index is 13.0. The second kappa shape index (κ2) is 10.8. The first-order chi connectivity index (χ1) is 18.2. The smallest absolute Gasteiger partial charge is 0.318 e. The summed E-state index contributed by atoms with van der Waals surface area (Å²) in [7, 11) is 1.68. The number of pyridine rings is 1. The number of fused-ring (bicyclic) bond motifs is 1. The van der Waals surface area contributed by atoms with E-state index < -0.39 is 6.23 Å². The molecule has 2 amide bonds. The fourth-order valence-electron chi connectivity index (χ4n) is 5.45. The van der Waals surface area contributed by atoms with Crippen molar-refractivity contribution in [2.24, 2.45) is 5.92 Å². The summed E-state index contributed by atoms with van der Waals surface area (Å²) < 4.78 is 5.47. The maximum absolute atomic E-state index is 13.0. The summed E-state index contributed by atoms with van der Waals surface area (Å²) in [5.74, 6) is 1.34. The Hall–Kier alpha value is -3.42. The summed E-state index contributed by atoms with van der Waals surface area (Å²) in [5, 5.41) is 17.4. The Balaban J connectivity index is 1.38. The highest BCUT2D eigenvalue weighted by molar-refractivity contribution is 5.77. The van der Waals surface area contributed by atoms with Gasteiger partial charge in [0.05, 0.1) is 7.11 Å². The van der Waals surface area contributed by atoms with Crippen LogP contribution in [0, 0.1) is 5.92 Å². The van der Waals surface area contributed by atoms with Gasteiger partial charge in [0.2, 0.25) is 0 Å². The molecule has 3 aromatic rings. The molecule has 1 aliphatic heterocycles. The lowest BCUT2D eigenvalue weighted by Gasteiger charge is -2.34. The van der Waals surface area contributed by atoms with Gasteiger partial charge in [-0.05, 0) is 91.1 Å². The Labute approximate surface area is 225 Å². The number of urea groups is 1. The maximum Gasteiger partial charge on any atom is 0.318 e. The van der Waals surface area contributed by atoms with Gasteiger partial charge in [-0.1, -0.05) is 30.3 Å². The zero-order valence-electron chi connectivity index (χ0n) is 22.7. The van der Waals surface area contributed by atoms with Gasteiger partial charge in [-0.25, -0.2) is 4.79 Å². The highest BCUT2D eigenvalue weighted by Crippen LogP contribution is 2.48. The summed E-state index contributed by atoms with van der Waals surface area (Å²) in [6.07, 6.45) is 4.79. The summed E-state index contributed by atoms with van der Waals surface area (Å²) >= 11 is 0. The largest absolute Gasteiger partial charge is 0.497 e. The molecule has 3 atom stereocenters. The molecule has 38 heavy (non-hydrogen) atoms. The number of hydrogen-bond acceptors (Lipinski definition) is 5. The number of nitrogens with zero attached hydrogens (tertiary/aromatic N) is 2. The molecule has 1 fully saturated rings. The standard InChI is InChI=1S/C31H38N4O3/c1-31(2,3)34-30(37)35-14-12-25-24(20-7-5-9-23(15-20)38-4)11-10-22(28(25)19-35)18-33-29(36)27-16-26(27)21-8-6-13-32-17-21/h5-11,13,15,17,26-27,29,33,36H,12,14,16,18-19H2,1-4H3,(H,34,37)/t26-,27+,29?/m1/s1. The number of carbonyl (C=O) groups excluding carboxylic acids is 1. The highest BCUT2D eigenvalue weighted by Gasteiger charge is 2.43. The van der Waals surface area contributed by atoms with Gasteiger partial charge in [-0.2, -0.15) is 0 Å². The van der Waals surface area contributed by atoms with E-state index in [4.69, 9.17) is 4.74 Å². The van der Waals surface area contributed by atoms with Crippen molar-refractivity contribution < 1.29 is 14.6 Å². The average Bonchev–Trinajstić information content (AvgIpc) is 3.72. The van der Waals surface area contributed by atoms with Crippen LogP contribution in [0.15, 0.2) is 60.9 Å². The Morgan fingerprint density at radius 1 is 1.18 bits per heavy atom. The number of ether oxygens (including phenoxy) is 1. The third-order valence-electron chi connectivity index (χ3n) is 7.52. The van der Waals surface area contributed by atoms with Crippen molar-refractivity contribution in [3.05, 3.63) is 83.2 Å². The third kappa shape index (κ3) is 5.84. The third-order valence-corrected chi connectivity index (χ3v) is 7.52. The van der Waals surface area contributed by atoms with E-state index in [1.807, 2.05) is 50.1 Å². The van der Waals surface area contributed by atoms with Gasteiger partial charge < -0.3 is 20.1 Å². The van der Waals surface area contributed by atoms with Crippen molar-refractivity contribution in [2.45, 2.75) is 64.4 Å². The Morgan fingerprint density at radius 2 is 2.03 bits per heavy atom.